The number of carboxylic acids is 1. The molecule has 0 saturated heterocycles. The van der Waals surface area contributed by atoms with E-state index in [1.165, 1.54) is 5.39 Å². The SMILES string of the molecule is CCC(C(=O)O)c1cccc2cc3ccccc3cc12. The highest BCUT2D eigenvalue weighted by atomic mass is 16.4. The second-order valence-corrected chi connectivity index (χ2v) is 5.07. The van der Waals surface area contributed by atoms with Crippen molar-refractivity contribution in [1.29, 1.82) is 0 Å². The number of rotatable bonds is 3. The molecule has 1 unspecified atom stereocenters. The first-order valence-corrected chi connectivity index (χ1v) is 6.85. The molecule has 0 bridgehead atoms. The minimum atomic E-state index is -0.756. The van der Waals surface area contributed by atoms with E-state index in [4.69, 9.17) is 0 Å². The molecular weight excluding hydrogens is 248 g/mol. The summed E-state index contributed by atoms with van der Waals surface area (Å²) < 4.78 is 0. The summed E-state index contributed by atoms with van der Waals surface area (Å²) in [5.74, 6) is -1.20. The van der Waals surface area contributed by atoms with Crippen LogP contribution in [-0.2, 0) is 4.79 Å². The Hall–Kier alpha value is -2.35. The van der Waals surface area contributed by atoms with E-state index in [-0.39, 0.29) is 0 Å². The van der Waals surface area contributed by atoms with Gasteiger partial charge in [-0.3, -0.25) is 4.79 Å². The van der Waals surface area contributed by atoms with Crippen molar-refractivity contribution in [1.82, 2.24) is 0 Å². The number of carbonyl (C=O) groups is 1. The largest absolute Gasteiger partial charge is 0.481 e. The van der Waals surface area contributed by atoms with Gasteiger partial charge < -0.3 is 5.11 Å². The second kappa shape index (κ2) is 4.97. The summed E-state index contributed by atoms with van der Waals surface area (Å²) in [7, 11) is 0. The molecule has 0 fully saturated rings. The first-order chi connectivity index (χ1) is 9.70. The molecule has 0 aliphatic carbocycles. The molecule has 100 valence electrons. The van der Waals surface area contributed by atoms with Crippen molar-refractivity contribution < 1.29 is 9.90 Å². The number of carboxylic acid groups (broad SMARTS) is 1. The quantitative estimate of drug-likeness (QED) is 0.703. The molecule has 1 atom stereocenters. The van der Waals surface area contributed by atoms with E-state index in [1.54, 1.807) is 0 Å². The molecule has 3 aromatic rings. The van der Waals surface area contributed by atoms with E-state index in [2.05, 4.69) is 24.3 Å². The van der Waals surface area contributed by atoms with Gasteiger partial charge in [0.05, 0.1) is 5.92 Å². The highest BCUT2D eigenvalue weighted by Crippen LogP contribution is 2.31. The van der Waals surface area contributed by atoms with E-state index < -0.39 is 11.9 Å². The van der Waals surface area contributed by atoms with Crippen LogP contribution in [0.5, 0.6) is 0 Å². The summed E-state index contributed by atoms with van der Waals surface area (Å²) in [4.78, 5) is 11.4. The lowest BCUT2D eigenvalue weighted by Crippen LogP contribution is -2.10. The van der Waals surface area contributed by atoms with E-state index in [0.717, 1.165) is 21.7 Å². The van der Waals surface area contributed by atoms with Crippen molar-refractivity contribution in [2.45, 2.75) is 19.3 Å². The lowest BCUT2D eigenvalue weighted by molar-refractivity contribution is -0.138. The maximum absolute atomic E-state index is 11.4. The van der Waals surface area contributed by atoms with Gasteiger partial charge in [-0.1, -0.05) is 49.4 Å². The molecule has 0 aromatic heterocycles. The third kappa shape index (κ3) is 2.03. The highest BCUT2D eigenvalue weighted by molar-refractivity contribution is 6.01. The Bertz CT molecular complexity index is 790. The van der Waals surface area contributed by atoms with Crippen LogP contribution >= 0.6 is 0 Å². The first kappa shape index (κ1) is 12.7. The molecule has 0 radical (unpaired) electrons. The van der Waals surface area contributed by atoms with Crippen LogP contribution in [0.4, 0.5) is 0 Å². The van der Waals surface area contributed by atoms with Gasteiger partial charge in [0.1, 0.15) is 0 Å². The predicted octanol–water partition coefficient (Wildman–Crippen LogP) is 4.57. The molecule has 20 heavy (non-hydrogen) atoms. The summed E-state index contributed by atoms with van der Waals surface area (Å²) in [5, 5.41) is 13.9. The van der Waals surface area contributed by atoms with Crippen LogP contribution in [0.15, 0.2) is 54.6 Å². The minimum absolute atomic E-state index is 0.445. The van der Waals surface area contributed by atoms with Crippen LogP contribution in [0.25, 0.3) is 21.5 Å². The predicted molar refractivity (Wildman–Crippen MR) is 82.1 cm³/mol. The monoisotopic (exact) mass is 264 g/mol. The lowest BCUT2D eigenvalue weighted by atomic mass is 9.90. The van der Waals surface area contributed by atoms with Crippen LogP contribution in [0.1, 0.15) is 24.8 Å². The molecule has 0 amide bonds. The van der Waals surface area contributed by atoms with Crippen LogP contribution in [0.3, 0.4) is 0 Å². The van der Waals surface area contributed by atoms with Crippen LogP contribution in [-0.4, -0.2) is 11.1 Å². The molecule has 0 aliphatic heterocycles. The van der Waals surface area contributed by atoms with E-state index in [1.807, 2.05) is 37.3 Å². The zero-order valence-corrected chi connectivity index (χ0v) is 11.3. The second-order valence-electron chi connectivity index (χ2n) is 5.07. The average Bonchev–Trinajstić information content (AvgIpc) is 2.46. The Morgan fingerprint density at radius 3 is 2.30 bits per heavy atom. The molecule has 0 heterocycles. The van der Waals surface area contributed by atoms with Crippen LogP contribution in [0.2, 0.25) is 0 Å². The average molecular weight is 264 g/mol. The standard InChI is InChI=1S/C18H16O2/c1-2-15(18(19)20)16-9-5-8-14-10-12-6-3-4-7-13(12)11-17(14)16/h3-11,15H,2H2,1H3,(H,19,20). The molecule has 0 spiro atoms. The number of aliphatic carboxylic acids is 1. The van der Waals surface area contributed by atoms with Crippen molar-refractivity contribution in [2.75, 3.05) is 0 Å². The summed E-state index contributed by atoms with van der Waals surface area (Å²) in [6.07, 6.45) is 0.598. The zero-order valence-electron chi connectivity index (χ0n) is 11.3. The van der Waals surface area contributed by atoms with Gasteiger partial charge in [0, 0.05) is 0 Å². The van der Waals surface area contributed by atoms with Crippen molar-refractivity contribution in [3.8, 4) is 0 Å². The van der Waals surface area contributed by atoms with Gasteiger partial charge in [0.25, 0.3) is 0 Å². The van der Waals surface area contributed by atoms with Gasteiger partial charge in [-0.2, -0.15) is 0 Å². The topological polar surface area (TPSA) is 37.3 Å². The first-order valence-electron chi connectivity index (χ1n) is 6.85. The molecule has 0 aliphatic rings. The fraction of sp³-hybridized carbons (Fsp3) is 0.167. The van der Waals surface area contributed by atoms with E-state index in [0.29, 0.717) is 6.42 Å². The van der Waals surface area contributed by atoms with Gasteiger partial charge in [0.15, 0.2) is 0 Å². The van der Waals surface area contributed by atoms with Gasteiger partial charge in [-0.15, -0.1) is 0 Å². The third-order valence-electron chi connectivity index (χ3n) is 3.86. The van der Waals surface area contributed by atoms with Crippen LogP contribution in [0, 0.1) is 0 Å². The Morgan fingerprint density at radius 2 is 1.65 bits per heavy atom. The number of hydrogen-bond donors (Lipinski definition) is 1. The van der Waals surface area contributed by atoms with Crippen LogP contribution < -0.4 is 0 Å². The number of benzene rings is 3. The number of hydrogen-bond acceptors (Lipinski definition) is 1. The Balaban J connectivity index is 2.32. The van der Waals surface area contributed by atoms with Crippen molar-refractivity contribution in [3.05, 3.63) is 60.2 Å². The zero-order chi connectivity index (χ0) is 14.1. The Labute approximate surface area is 117 Å². The van der Waals surface area contributed by atoms with E-state index >= 15 is 0 Å². The van der Waals surface area contributed by atoms with Gasteiger partial charge in [0.2, 0.25) is 0 Å². The molecular formula is C18H16O2. The summed E-state index contributed by atoms with van der Waals surface area (Å²) in [6, 6.07) is 18.3. The molecule has 3 rings (SSSR count). The summed E-state index contributed by atoms with van der Waals surface area (Å²) in [6.45, 7) is 1.92. The summed E-state index contributed by atoms with van der Waals surface area (Å²) >= 11 is 0. The molecule has 2 nitrogen and oxygen atoms in total. The Morgan fingerprint density at radius 1 is 1.00 bits per heavy atom. The third-order valence-corrected chi connectivity index (χ3v) is 3.86. The maximum atomic E-state index is 11.4. The Kier molecular flexibility index (Phi) is 3.15. The van der Waals surface area contributed by atoms with Crippen molar-refractivity contribution in [2.24, 2.45) is 0 Å². The van der Waals surface area contributed by atoms with Gasteiger partial charge in [-0.05, 0) is 45.7 Å². The van der Waals surface area contributed by atoms with E-state index in [9.17, 15) is 9.90 Å². The fourth-order valence-electron chi connectivity index (χ4n) is 2.82. The molecule has 1 N–H and O–H groups in total. The molecule has 0 saturated carbocycles. The number of fused-ring (bicyclic) bond motifs is 2. The maximum Gasteiger partial charge on any atom is 0.310 e. The highest BCUT2D eigenvalue weighted by Gasteiger charge is 2.19. The molecule has 3 aromatic carbocycles. The summed E-state index contributed by atoms with van der Waals surface area (Å²) in [5.41, 5.74) is 0.906. The van der Waals surface area contributed by atoms with Crippen molar-refractivity contribution in [3.63, 3.8) is 0 Å². The van der Waals surface area contributed by atoms with Crippen molar-refractivity contribution >= 4 is 27.5 Å². The van der Waals surface area contributed by atoms with Gasteiger partial charge >= 0.3 is 5.97 Å². The fourth-order valence-corrected chi connectivity index (χ4v) is 2.82. The lowest BCUT2D eigenvalue weighted by Gasteiger charge is -2.14. The van der Waals surface area contributed by atoms with Gasteiger partial charge in [-0.25, -0.2) is 0 Å². The molecule has 2 heteroatoms. The minimum Gasteiger partial charge on any atom is -0.481 e. The smallest absolute Gasteiger partial charge is 0.310 e. The normalized spacial score (nSPS) is 12.7.